The van der Waals surface area contributed by atoms with Gasteiger partial charge in [-0.25, -0.2) is 4.79 Å². The molecule has 7 heteroatoms. The fraction of sp³-hybridized carbons (Fsp3) is 0.250. The first-order valence-electron chi connectivity index (χ1n) is 4.07. The average molecular weight is 249 g/mol. The molecular weight excluding hydrogens is 240 g/mol. The highest BCUT2D eigenvalue weighted by molar-refractivity contribution is 7.18. The lowest BCUT2D eigenvalue weighted by Crippen LogP contribution is -2.17. The smallest absolute Gasteiger partial charge is 0.411 e. The van der Waals surface area contributed by atoms with Gasteiger partial charge in [0.05, 0.1) is 16.6 Å². The SMILES string of the molecule is CCOC(=O)Nc1cc(Cl)sc1C(N)=O. The molecule has 5 nitrogen and oxygen atoms in total. The molecule has 1 heterocycles. The Morgan fingerprint density at radius 1 is 1.67 bits per heavy atom. The summed E-state index contributed by atoms with van der Waals surface area (Å²) in [6.45, 7) is 1.92. The van der Waals surface area contributed by atoms with Crippen LogP contribution < -0.4 is 11.1 Å². The first kappa shape index (κ1) is 11.8. The number of carbonyl (C=O) groups is 2. The summed E-state index contributed by atoms with van der Waals surface area (Å²) in [6.07, 6.45) is -0.644. The van der Waals surface area contributed by atoms with Gasteiger partial charge in [-0.2, -0.15) is 0 Å². The fourth-order valence-electron chi connectivity index (χ4n) is 0.914. The third kappa shape index (κ3) is 3.10. The molecule has 0 unspecified atom stereocenters. The molecule has 2 amide bonds. The molecule has 15 heavy (non-hydrogen) atoms. The van der Waals surface area contributed by atoms with E-state index >= 15 is 0 Å². The minimum atomic E-state index is -0.644. The van der Waals surface area contributed by atoms with E-state index in [0.717, 1.165) is 11.3 Å². The second-order valence-electron chi connectivity index (χ2n) is 2.50. The average Bonchev–Trinajstić information content (AvgIpc) is 2.47. The molecule has 0 aliphatic heterocycles. The van der Waals surface area contributed by atoms with Crippen molar-refractivity contribution in [2.24, 2.45) is 5.73 Å². The maximum atomic E-state index is 11.1. The Balaban J connectivity index is 2.84. The largest absolute Gasteiger partial charge is 0.450 e. The van der Waals surface area contributed by atoms with Crippen LogP contribution in [-0.4, -0.2) is 18.6 Å². The van der Waals surface area contributed by atoms with Crippen molar-refractivity contribution in [2.75, 3.05) is 11.9 Å². The number of amides is 2. The summed E-state index contributed by atoms with van der Waals surface area (Å²) in [5, 5.41) is 2.38. The normalized spacial score (nSPS) is 9.73. The Morgan fingerprint density at radius 3 is 2.87 bits per heavy atom. The predicted molar refractivity (Wildman–Crippen MR) is 58.5 cm³/mol. The molecule has 0 saturated heterocycles. The fourth-order valence-corrected chi connectivity index (χ4v) is 1.95. The molecule has 1 rings (SSSR count). The topological polar surface area (TPSA) is 81.4 Å². The van der Waals surface area contributed by atoms with E-state index in [9.17, 15) is 9.59 Å². The number of thiophene rings is 1. The maximum absolute atomic E-state index is 11.1. The first-order valence-corrected chi connectivity index (χ1v) is 5.27. The van der Waals surface area contributed by atoms with Gasteiger partial charge in [0.15, 0.2) is 0 Å². The number of anilines is 1. The van der Waals surface area contributed by atoms with Crippen LogP contribution >= 0.6 is 22.9 Å². The second-order valence-corrected chi connectivity index (χ2v) is 4.19. The first-order chi connectivity index (χ1) is 7.04. The van der Waals surface area contributed by atoms with Gasteiger partial charge in [-0.05, 0) is 13.0 Å². The van der Waals surface area contributed by atoms with Crippen LogP contribution in [0.3, 0.4) is 0 Å². The maximum Gasteiger partial charge on any atom is 0.411 e. The molecule has 0 aromatic carbocycles. The highest BCUT2D eigenvalue weighted by atomic mass is 35.5. The third-order valence-electron chi connectivity index (χ3n) is 1.44. The zero-order chi connectivity index (χ0) is 11.4. The predicted octanol–water partition coefficient (Wildman–Crippen LogP) is 2.07. The minimum absolute atomic E-state index is 0.202. The summed E-state index contributed by atoms with van der Waals surface area (Å²) in [4.78, 5) is 22.2. The summed E-state index contributed by atoms with van der Waals surface area (Å²) in [5.41, 5.74) is 5.37. The lowest BCUT2D eigenvalue weighted by Gasteiger charge is -2.03. The Bertz CT molecular complexity index is 391. The third-order valence-corrected chi connectivity index (χ3v) is 2.72. The van der Waals surface area contributed by atoms with Gasteiger partial charge >= 0.3 is 6.09 Å². The summed E-state index contributed by atoms with van der Waals surface area (Å²) in [5.74, 6) is -0.640. The molecule has 0 bridgehead atoms. The molecule has 0 spiro atoms. The van der Waals surface area contributed by atoms with Crippen molar-refractivity contribution in [2.45, 2.75) is 6.92 Å². The van der Waals surface area contributed by atoms with Gasteiger partial charge in [0, 0.05) is 0 Å². The van der Waals surface area contributed by atoms with Crippen molar-refractivity contribution in [1.82, 2.24) is 0 Å². The summed E-state index contributed by atoms with van der Waals surface area (Å²) < 4.78 is 5.02. The lowest BCUT2D eigenvalue weighted by atomic mass is 10.4. The number of halogens is 1. The van der Waals surface area contributed by atoms with Gasteiger partial charge < -0.3 is 10.5 Å². The molecule has 0 radical (unpaired) electrons. The van der Waals surface area contributed by atoms with E-state index in [-0.39, 0.29) is 17.2 Å². The molecular formula is C8H9ClN2O3S. The number of primary amides is 1. The van der Waals surface area contributed by atoms with E-state index in [2.05, 4.69) is 10.1 Å². The monoisotopic (exact) mass is 248 g/mol. The van der Waals surface area contributed by atoms with Crippen molar-refractivity contribution in [3.8, 4) is 0 Å². The van der Waals surface area contributed by atoms with Crippen LogP contribution in [0.2, 0.25) is 4.34 Å². The zero-order valence-electron chi connectivity index (χ0n) is 7.87. The number of hydrogen-bond donors (Lipinski definition) is 2. The minimum Gasteiger partial charge on any atom is -0.450 e. The Kier molecular flexibility index (Phi) is 3.93. The molecule has 82 valence electrons. The molecule has 0 aliphatic carbocycles. The molecule has 0 aliphatic rings. The summed E-state index contributed by atoms with van der Waals surface area (Å²) in [7, 11) is 0. The number of nitrogens with one attached hydrogen (secondary N) is 1. The van der Waals surface area contributed by atoms with Crippen LogP contribution in [-0.2, 0) is 4.74 Å². The van der Waals surface area contributed by atoms with Crippen molar-refractivity contribution in [3.05, 3.63) is 15.3 Å². The van der Waals surface area contributed by atoms with Gasteiger partial charge in [-0.15, -0.1) is 11.3 Å². The number of hydrogen-bond acceptors (Lipinski definition) is 4. The van der Waals surface area contributed by atoms with Gasteiger partial charge in [-0.3, -0.25) is 10.1 Å². The molecule has 1 aromatic heterocycles. The zero-order valence-corrected chi connectivity index (χ0v) is 9.45. The Hall–Kier alpha value is -1.27. The second kappa shape index (κ2) is 4.99. The van der Waals surface area contributed by atoms with Crippen LogP contribution in [0.4, 0.5) is 10.5 Å². The number of rotatable bonds is 3. The molecule has 1 aromatic rings. The van der Waals surface area contributed by atoms with E-state index in [4.69, 9.17) is 17.3 Å². The van der Waals surface area contributed by atoms with Crippen LogP contribution in [0, 0.1) is 0 Å². The van der Waals surface area contributed by atoms with Gasteiger partial charge in [0.25, 0.3) is 5.91 Å². The van der Waals surface area contributed by atoms with Crippen molar-refractivity contribution in [3.63, 3.8) is 0 Å². The standard InChI is InChI=1S/C8H9ClN2O3S/c1-2-14-8(13)11-4-3-5(9)15-6(4)7(10)12/h3H,2H2,1H3,(H2,10,12)(H,11,13). The molecule has 0 saturated carbocycles. The summed E-state index contributed by atoms with van der Waals surface area (Å²) >= 11 is 6.69. The lowest BCUT2D eigenvalue weighted by molar-refractivity contribution is 0.100. The van der Waals surface area contributed by atoms with Crippen LogP contribution in [0.5, 0.6) is 0 Å². The number of nitrogens with two attached hydrogens (primary N) is 1. The quantitative estimate of drug-likeness (QED) is 0.859. The molecule has 0 fully saturated rings. The van der Waals surface area contributed by atoms with Crippen LogP contribution in [0.15, 0.2) is 6.07 Å². The highest BCUT2D eigenvalue weighted by Gasteiger charge is 2.15. The van der Waals surface area contributed by atoms with Crippen LogP contribution in [0.25, 0.3) is 0 Å². The Labute approximate surface area is 95.2 Å². The van der Waals surface area contributed by atoms with Crippen molar-refractivity contribution >= 4 is 40.6 Å². The van der Waals surface area contributed by atoms with Gasteiger partial charge in [-0.1, -0.05) is 11.6 Å². The Morgan fingerprint density at radius 2 is 2.33 bits per heavy atom. The van der Waals surface area contributed by atoms with E-state index in [1.54, 1.807) is 6.92 Å². The van der Waals surface area contributed by atoms with E-state index in [1.807, 2.05) is 0 Å². The van der Waals surface area contributed by atoms with E-state index < -0.39 is 12.0 Å². The van der Waals surface area contributed by atoms with E-state index in [0.29, 0.717) is 4.34 Å². The number of carbonyl (C=O) groups excluding carboxylic acids is 2. The van der Waals surface area contributed by atoms with Gasteiger partial charge in [0.2, 0.25) is 0 Å². The highest BCUT2D eigenvalue weighted by Crippen LogP contribution is 2.30. The molecule has 3 N–H and O–H groups in total. The van der Waals surface area contributed by atoms with E-state index in [1.165, 1.54) is 6.07 Å². The number of ether oxygens (including phenoxy) is 1. The molecule has 0 atom stereocenters. The van der Waals surface area contributed by atoms with Gasteiger partial charge in [0.1, 0.15) is 4.88 Å². The van der Waals surface area contributed by atoms with Crippen molar-refractivity contribution in [1.29, 1.82) is 0 Å². The van der Waals surface area contributed by atoms with Crippen molar-refractivity contribution < 1.29 is 14.3 Å². The van der Waals surface area contributed by atoms with Crippen LogP contribution in [0.1, 0.15) is 16.6 Å². The summed E-state index contributed by atoms with van der Waals surface area (Å²) in [6, 6.07) is 1.45.